The molecular formula is C30H30FN5O. The first-order valence-electron chi connectivity index (χ1n) is 12.9. The van der Waals surface area contributed by atoms with Gasteiger partial charge < -0.3 is 9.88 Å². The number of allylic oxidation sites excluding steroid dienone is 2. The summed E-state index contributed by atoms with van der Waals surface area (Å²) in [6.45, 7) is 2.27. The molecule has 6 rings (SSSR count). The molecule has 2 heterocycles. The second-order valence-corrected chi connectivity index (χ2v) is 10.2. The molecule has 2 aromatic carbocycles. The van der Waals surface area contributed by atoms with E-state index >= 15 is 0 Å². The number of aromatic nitrogens is 4. The Morgan fingerprint density at radius 3 is 2.65 bits per heavy atom. The van der Waals surface area contributed by atoms with Crippen LogP contribution in [0.3, 0.4) is 0 Å². The van der Waals surface area contributed by atoms with Crippen LogP contribution < -0.4 is 5.32 Å². The van der Waals surface area contributed by atoms with Crippen molar-refractivity contribution in [1.82, 2.24) is 24.6 Å². The van der Waals surface area contributed by atoms with E-state index in [2.05, 4.69) is 34.5 Å². The number of rotatable bonds is 6. The van der Waals surface area contributed by atoms with E-state index in [4.69, 9.17) is 0 Å². The van der Waals surface area contributed by atoms with Gasteiger partial charge in [0.2, 0.25) is 0 Å². The third kappa shape index (κ3) is 4.28. The van der Waals surface area contributed by atoms with Crippen LogP contribution in [-0.4, -0.2) is 25.2 Å². The second-order valence-electron chi connectivity index (χ2n) is 10.2. The monoisotopic (exact) mass is 495 g/mol. The van der Waals surface area contributed by atoms with Gasteiger partial charge in [-0.2, -0.15) is 5.10 Å². The van der Waals surface area contributed by atoms with Crippen molar-refractivity contribution < 1.29 is 9.18 Å². The quantitative estimate of drug-likeness (QED) is 0.351. The van der Waals surface area contributed by atoms with Crippen molar-refractivity contribution >= 4 is 5.91 Å². The third-order valence-corrected chi connectivity index (χ3v) is 8.01. The number of hydrogen-bond donors (Lipinski definition) is 1. The summed E-state index contributed by atoms with van der Waals surface area (Å²) in [4.78, 5) is 17.2. The standard InChI is InChI=1S/C30H30FN5O/c1-19-25-16-33-36(24-12-10-23(31)11-13-24)27(25)15-22-9-8-21(29(19)22)14-26(20-6-4-3-5-7-20)34-30(37)28-17-32-18-35(28)2/h3-7,10-13,16-19,21,26H,8-9,14-15H2,1-2H3,(H,34,37)/t19-,21+,26?/m0/s1. The van der Waals surface area contributed by atoms with Crippen molar-refractivity contribution in [2.24, 2.45) is 13.0 Å². The first-order valence-corrected chi connectivity index (χ1v) is 12.9. The number of carbonyl (C=O) groups excluding carboxylic acids is 1. The Hall–Kier alpha value is -4.00. The van der Waals surface area contributed by atoms with Crippen molar-refractivity contribution in [1.29, 1.82) is 0 Å². The summed E-state index contributed by atoms with van der Waals surface area (Å²) in [6, 6.07) is 16.7. The van der Waals surface area contributed by atoms with Gasteiger partial charge >= 0.3 is 0 Å². The molecule has 1 N–H and O–H groups in total. The van der Waals surface area contributed by atoms with Crippen LogP contribution >= 0.6 is 0 Å². The number of imidazole rings is 1. The molecule has 0 aliphatic heterocycles. The van der Waals surface area contributed by atoms with E-state index in [-0.39, 0.29) is 23.7 Å². The van der Waals surface area contributed by atoms with Gasteiger partial charge in [0.05, 0.1) is 36.1 Å². The molecule has 0 radical (unpaired) electrons. The number of halogens is 1. The van der Waals surface area contributed by atoms with Crippen LogP contribution in [0.1, 0.15) is 65.5 Å². The molecule has 0 fully saturated rings. The van der Waals surface area contributed by atoms with Crippen LogP contribution in [0, 0.1) is 11.7 Å². The highest BCUT2D eigenvalue weighted by Crippen LogP contribution is 2.49. The predicted octanol–water partition coefficient (Wildman–Crippen LogP) is 5.67. The van der Waals surface area contributed by atoms with Gasteiger partial charge in [0.15, 0.2) is 0 Å². The van der Waals surface area contributed by atoms with E-state index in [9.17, 15) is 9.18 Å². The second kappa shape index (κ2) is 9.47. The van der Waals surface area contributed by atoms with Gasteiger partial charge in [0, 0.05) is 24.9 Å². The van der Waals surface area contributed by atoms with Gasteiger partial charge in [-0.05, 0) is 55.0 Å². The summed E-state index contributed by atoms with van der Waals surface area (Å²) < 4.78 is 17.2. The normalized spacial score (nSPS) is 19.4. The molecule has 2 aromatic heterocycles. The fourth-order valence-electron chi connectivity index (χ4n) is 6.19. The number of aryl methyl sites for hydroxylation is 1. The van der Waals surface area contributed by atoms with E-state index in [1.165, 1.54) is 34.5 Å². The third-order valence-electron chi connectivity index (χ3n) is 8.01. The highest BCUT2D eigenvalue weighted by Gasteiger charge is 2.37. The molecular weight excluding hydrogens is 465 g/mol. The zero-order valence-corrected chi connectivity index (χ0v) is 21.1. The molecule has 4 aromatic rings. The van der Waals surface area contributed by atoms with Crippen molar-refractivity contribution in [2.75, 3.05) is 0 Å². The first kappa shape index (κ1) is 23.4. The summed E-state index contributed by atoms with van der Waals surface area (Å²) in [5.74, 6) is 0.278. The number of hydrogen-bond acceptors (Lipinski definition) is 3. The van der Waals surface area contributed by atoms with Crippen molar-refractivity contribution in [3.8, 4) is 5.69 Å². The molecule has 37 heavy (non-hydrogen) atoms. The Balaban J connectivity index is 1.27. The van der Waals surface area contributed by atoms with Gasteiger partial charge in [0.25, 0.3) is 5.91 Å². The molecule has 2 aliphatic rings. The minimum atomic E-state index is -0.245. The minimum absolute atomic E-state index is 0.101. The van der Waals surface area contributed by atoms with E-state index in [1.807, 2.05) is 36.1 Å². The number of fused-ring (bicyclic) bond motifs is 1. The predicted molar refractivity (Wildman–Crippen MR) is 140 cm³/mol. The van der Waals surface area contributed by atoms with E-state index in [1.54, 1.807) is 29.2 Å². The highest BCUT2D eigenvalue weighted by molar-refractivity contribution is 5.92. The van der Waals surface area contributed by atoms with Crippen molar-refractivity contribution in [3.63, 3.8) is 0 Å². The Morgan fingerprint density at radius 2 is 1.92 bits per heavy atom. The van der Waals surface area contributed by atoms with Crippen molar-refractivity contribution in [3.05, 3.63) is 113 Å². The Labute approximate surface area is 215 Å². The lowest BCUT2D eigenvalue weighted by atomic mass is 9.77. The topological polar surface area (TPSA) is 64.7 Å². The number of nitrogens with zero attached hydrogens (tertiary/aromatic N) is 4. The number of amides is 1. The molecule has 0 bridgehead atoms. The van der Waals surface area contributed by atoms with Gasteiger partial charge in [-0.1, -0.05) is 48.4 Å². The van der Waals surface area contributed by atoms with Gasteiger partial charge in [-0.25, -0.2) is 14.1 Å². The zero-order valence-electron chi connectivity index (χ0n) is 21.1. The largest absolute Gasteiger partial charge is 0.344 e. The van der Waals surface area contributed by atoms with Crippen LogP contribution in [-0.2, 0) is 13.5 Å². The summed E-state index contributed by atoms with van der Waals surface area (Å²) in [7, 11) is 1.83. The average Bonchev–Trinajstić information content (AvgIpc) is 3.64. The molecule has 7 heteroatoms. The molecule has 2 aliphatic carbocycles. The maximum absolute atomic E-state index is 13.5. The molecule has 6 nitrogen and oxygen atoms in total. The van der Waals surface area contributed by atoms with Gasteiger partial charge in [-0.15, -0.1) is 0 Å². The molecule has 0 spiro atoms. The van der Waals surface area contributed by atoms with Gasteiger partial charge in [-0.3, -0.25) is 4.79 Å². The lowest BCUT2D eigenvalue weighted by Gasteiger charge is -2.30. The zero-order chi connectivity index (χ0) is 25.5. The first-order chi connectivity index (χ1) is 18.0. The molecule has 1 unspecified atom stereocenters. The SMILES string of the molecule is C[C@@H]1C2=C(CC[C@@H]2CC(NC(=O)c2cncn2C)c2ccccc2)Cc2c1cnn2-c1ccc(F)cc1. The van der Waals surface area contributed by atoms with E-state index in [0.717, 1.165) is 36.9 Å². The molecule has 0 saturated heterocycles. The fraction of sp³-hybridized carbons (Fsp3) is 0.300. The fourth-order valence-corrected chi connectivity index (χ4v) is 6.19. The van der Waals surface area contributed by atoms with Crippen LogP contribution in [0.25, 0.3) is 5.69 Å². The van der Waals surface area contributed by atoms with E-state index < -0.39 is 0 Å². The molecule has 0 saturated carbocycles. The highest BCUT2D eigenvalue weighted by atomic mass is 19.1. The van der Waals surface area contributed by atoms with Crippen LogP contribution in [0.2, 0.25) is 0 Å². The number of benzene rings is 2. The number of nitrogens with one attached hydrogen (secondary N) is 1. The van der Waals surface area contributed by atoms with Crippen LogP contribution in [0.5, 0.6) is 0 Å². The Kier molecular flexibility index (Phi) is 5.99. The minimum Gasteiger partial charge on any atom is -0.344 e. The average molecular weight is 496 g/mol. The molecule has 188 valence electrons. The van der Waals surface area contributed by atoms with Crippen LogP contribution in [0.15, 0.2) is 84.5 Å². The summed E-state index contributed by atoms with van der Waals surface area (Å²) >= 11 is 0. The molecule has 3 atom stereocenters. The summed E-state index contributed by atoms with van der Waals surface area (Å²) in [5.41, 5.74) is 7.97. The smallest absolute Gasteiger partial charge is 0.270 e. The summed E-state index contributed by atoms with van der Waals surface area (Å²) in [6.07, 6.45) is 9.06. The van der Waals surface area contributed by atoms with Gasteiger partial charge in [0.1, 0.15) is 11.5 Å². The summed E-state index contributed by atoms with van der Waals surface area (Å²) in [5, 5.41) is 7.98. The number of carbonyl (C=O) groups is 1. The maximum Gasteiger partial charge on any atom is 0.270 e. The Bertz CT molecular complexity index is 1470. The molecule has 1 amide bonds. The van der Waals surface area contributed by atoms with E-state index in [0.29, 0.717) is 11.6 Å². The lowest BCUT2D eigenvalue weighted by molar-refractivity contribution is 0.0923. The van der Waals surface area contributed by atoms with Crippen molar-refractivity contribution in [2.45, 2.75) is 44.6 Å². The maximum atomic E-state index is 13.5. The Morgan fingerprint density at radius 1 is 1.14 bits per heavy atom. The van der Waals surface area contributed by atoms with Crippen LogP contribution in [0.4, 0.5) is 4.39 Å². The lowest BCUT2D eigenvalue weighted by Crippen LogP contribution is -2.31.